The van der Waals surface area contributed by atoms with Gasteiger partial charge in [0.1, 0.15) is 11.6 Å². The van der Waals surface area contributed by atoms with Crippen LogP contribution in [0.4, 0.5) is 4.39 Å². The summed E-state index contributed by atoms with van der Waals surface area (Å²) in [5.74, 6) is -0.0897. The van der Waals surface area contributed by atoms with Crippen molar-refractivity contribution in [3.63, 3.8) is 0 Å². The van der Waals surface area contributed by atoms with Gasteiger partial charge in [0.2, 0.25) is 5.91 Å². The van der Waals surface area contributed by atoms with Gasteiger partial charge in [0.15, 0.2) is 11.5 Å². The van der Waals surface area contributed by atoms with E-state index >= 15 is 0 Å². The molecule has 0 spiro atoms. The minimum atomic E-state index is -0.735. The van der Waals surface area contributed by atoms with Gasteiger partial charge in [0.25, 0.3) is 5.91 Å². The van der Waals surface area contributed by atoms with Crippen LogP contribution in [-0.2, 0) is 11.3 Å². The largest absolute Gasteiger partial charge is 0.497 e. The minimum Gasteiger partial charge on any atom is -0.497 e. The van der Waals surface area contributed by atoms with Crippen LogP contribution in [0, 0.1) is 5.82 Å². The fraction of sp³-hybridized carbons (Fsp3) is 0.259. The Balaban J connectivity index is 1.79. The van der Waals surface area contributed by atoms with E-state index in [1.165, 1.54) is 26.4 Å². The number of halogens is 1. The highest BCUT2D eigenvalue weighted by Crippen LogP contribution is 2.45. The van der Waals surface area contributed by atoms with Gasteiger partial charge >= 0.3 is 0 Å². The van der Waals surface area contributed by atoms with Crippen LogP contribution < -0.4 is 19.5 Å². The molecule has 35 heavy (non-hydrogen) atoms. The summed E-state index contributed by atoms with van der Waals surface area (Å²) in [5, 5.41) is 2.96. The molecule has 0 fully saturated rings. The van der Waals surface area contributed by atoms with Gasteiger partial charge < -0.3 is 24.4 Å². The third-order valence-corrected chi connectivity index (χ3v) is 6.29. The Bertz CT molecular complexity index is 1230. The average Bonchev–Trinajstić information content (AvgIpc) is 2.89. The van der Waals surface area contributed by atoms with Crippen LogP contribution in [-0.4, -0.2) is 45.1 Å². The number of rotatable bonds is 7. The molecule has 0 radical (unpaired) electrons. The molecule has 2 atom stereocenters. The highest BCUT2D eigenvalue weighted by atomic mass is 19.1. The summed E-state index contributed by atoms with van der Waals surface area (Å²) < 4.78 is 29.4. The number of methoxy groups -OCH3 is 3. The van der Waals surface area contributed by atoms with Gasteiger partial charge in [0, 0.05) is 19.2 Å². The topological polar surface area (TPSA) is 77.1 Å². The molecule has 3 aromatic rings. The molecule has 1 N–H and O–H groups in total. The van der Waals surface area contributed by atoms with E-state index < -0.39 is 12.0 Å². The highest BCUT2D eigenvalue weighted by Gasteiger charge is 2.43. The van der Waals surface area contributed by atoms with Gasteiger partial charge in [0.05, 0.1) is 33.3 Å². The summed E-state index contributed by atoms with van der Waals surface area (Å²) >= 11 is 0. The smallest absolute Gasteiger partial charge is 0.254 e. The van der Waals surface area contributed by atoms with Crippen LogP contribution >= 0.6 is 0 Å². The Hall–Kier alpha value is -4.07. The predicted octanol–water partition coefficient (Wildman–Crippen LogP) is 4.08. The molecular formula is C27H27FN2O5. The van der Waals surface area contributed by atoms with E-state index in [0.29, 0.717) is 28.4 Å². The highest BCUT2D eigenvalue weighted by molar-refractivity contribution is 6.02. The average molecular weight is 479 g/mol. The third kappa shape index (κ3) is 4.64. The summed E-state index contributed by atoms with van der Waals surface area (Å²) in [7, 11) is 6.25. The van der Waals surface area contributed by atoms with E-state index in [4.69, 9.17) is 14.2 Å². The van der Waals surface area contributed by atoms with E-state index in [2.05, 4.69) is 5.32 Å². The van der Waals surface area contributed by atoms with Crippen LogP contribution in [0.2, 0.25) is 0 Å². The summed E-state index contributed by atoms with van der Waals surface area (Å²) in [6.45, 7) is 0.214. The normalized spacial score (nSPS) is 16.9. The molecular weight excluding hydrogens is 451 g/mol. The van der Waals surface area contributed by atoms with Gasteiger partial charge in [-0.25, -0.2) is 4.39 Å². The molecule has 7 nitrogen and oxygen atoms in total. The van der Waals surface area contributed by atoms with Crippen molar-refractivity contribution in [2.45, 2.75) is 18.5 Å². The molecule has 0 bridgehead atoms. The second-order valence-electron chi connectivity index (χ2n) is 8.25. The Labute approximate surface area is 203 Å². The zero-order chi connectivity index (χ0) is 25.1. The maximum Gasteiger partial charge on any atom is 0.254 e. The molecule has 0 unspecified atom stereocenters. The number of likely N-dealkylation sites (N-methyl/N-ethyl adjacent to an activating group) is 1. The number of nitrogens with one attached hydrogen (secondary N) is 1. The van der Waals surface area contributed by atoms with Crippen molar-refractivity contribution in [3.05, 3.63) is 88.7 Å². The van der Waals surface area contributed by atoms with Crippen molar-refractivity contribution in [2.24, 2.45) is 0 Å². The number of hydrogen-bond donors (Lipinski definition) is 1. The molecule has 4 rings (SSSR count). The van der Waals surface area contributed by atoms with Gasteiger partial charge in [-0.15, -0.1) is 0 Å². The first-order valence-corrected chi connectivity index (χ1v) is 11.1. The van der Waals surface area contributed by atoms with Gasteiger partial charge in [-0.1, -0.05) is 24.3 Å². The van der Waals surface area contributed by atoms with Crippen LogP contribution in [0.3, 0.4) is 0 Å². The molecule has 0 aliphatic carbocycles. The van der Waals surface area contributed by atoms with Gasteiger partial charge in [-0.3, -0.25) is 9.59 Å². The molecule has 2 amide bonds. The van der Waals surface area contributed by atoms with Crippen molar-refractivity contribution in [2.75, 3.05) is 28.4 Å². The molecule has 0 saturated heterocycles. The monoisotopic (exact) mass is 478 g/mol. The summed E-state index contributed by atoms with van der Waals surface area (Å²) in [4.78, 5) is 28.7. The molecule has 182 valence electrons. The molecule has 0 saturated carbocycles. The maximum absolute atomic E-state index is 13.7. The SMILES string of the molecule is COc1ccc([C@@H]2[C@H](C(=O)NCc3ccc(F)cc3)c3cc(OC)c(OC)cc3C(=O)N2C)cc1. The van der Waals surface area contributed by atoms with Crippen molar-refractivity contribution in [1.29, 1.82) is 0 Å². The number of amides is 2. The van der Waals surface area contributed by atoms with Crippen LogP contribution in [0.15, 0.2) is 60.7 Å². The lowest BCUT2D eigenvalue weighted by atomic mass is 9.79. The van der Waals surface area contributed by atoms with Crippen molar-refractivity contribution in [1.82, 2.24) is 10.2 Å². The number of nitrogens with zero attached hydrogens (tertiary/aromatic N) is 1. The first-order chi connectivity index (χ1) is 16.9. The Morgan fingerprint density at radius 2 is 1.57 bits per heavy atom. The number of hydrogen-bond acceptors (Lipinski definition) is 5. The first-order valence-electron chi connectivity index (χ1n) is 11.1. The van der Waals surface area contributed by atoms with Gasteiger partial charge in [-0.2, -0.15) is 0 Å². The van der Waals surface area contributed by atoms with Crippen molar-refractivity contribution >= 4 is 11.8 Å². The third-order valence-electron chi connectivity index (χ3n) is 6.29. The second-order valence-corrected chi connectivity index (χ2v) is 8.25. The second kappa shape index (κ2) is 10.0. The molecule has 8 heteroatoms. The molecule has 0 aromatic heterocycles. The van der Waals surface area contributed by atoms with E-state index in [-0.39, 0.29) is 24.2 Å². The van der Waals surface area contributed by atoms with E-state index in [1.807, 2.05) is 12.1 Å². The molecule has 1 aliphatic rings. The first kappa shape index (κ1) is 24.1. The van der Waals surface area contributed by atoms with Crippen LogP contribution in [0.5, 0.6) is 17.2 Å². The Kier molecular flexibility index (Phi) is 6.91. The standard InChI is InChI=1S/C27H27FN2O5/c1-30-25(17-7-11-19(33-2)12-8-17)24(26(31)29-15-16-5-9-18(28)10-6-16)20-13-22(34-3)23(35-4)14-21(20)27(30)32/h5-14,24-25H,15H2,1-4H3,(H,29,31)/t24-,25-/m1/s1. The summed E-state index contributed by atoms with van der Waals surface area (Å²) in [5.41, 5.74) is 2.46. The lowest BCUT2D eigenvalue weighted by Gasteiger charge is -2.40. The summed E-state index contributed by atoms with van der Waals surface area (Å²) in [6, 6.07) is 15.9. The zero-order valence-electron chi connectivity index (χ0n) is 20.0. The summed E-state index contributed by atoms with van der Waals surface area (Å²) in [6.07, 6.45) is 0. The van der Waals surface area contributed by atoms with Crippen molar-refractivity contribution < 1.29 is 28.2 Å². The van der Waals surface area contributed by atoms with Crippen LogP contribution in [0.25, 0.3) is 0 Å². The van der Waals surface area contributed by atoms with E-state index in [0.717, 1.165) is 11.1 Å². The lowest BCUT2D eigenvalue weighted by Crippen LogP contribution is -2.45. The number of fused-ring (bicyclic) bond motifs is 1. The van der Waals surface area contributed by atoms with E-state index in [1.54, 1.807) is 55.5 Å². The fourth-order valence-corrected chi connectivity index (χ4v) is 4.45. The number of carbonyl (C=O) groups excluding carboxylic acids is 2. The van der Waals surface area contributed by atoms with Crippen LogP contribution in [0.1, 0.15) is 39.0 Å². The quantitative estimate of drug-likeness (QED) is 0.554. The predicted molar refractivity (Wildman–Crippen MR) is 128 cm³/mol. The molecule has 3 aromatic carbocycles. The maximum atomic E-state index is 13.7. The lowest BCUT2D eigenvalue weighted by molar-refractivity contribution is -0.124. The number of carbonyl (C=O) groups is 2. The Morgan fingerprint density at radius 1 is 0.943 bits per heavy atom. The minimum absolute atomic E-state index is 0.214. The molecule has 1 heterocycles. The number of benzene rings is 3. The Morgan fingerprint density at radius 3 is 2.17 bits per heavy atom. The van der Waals surface area contributed by atoms with Crippen molar-refractivity contribution in [3.8, 4) is 17.2 Å². The van der Waals surface area contributed by atoms with E-state index in [9.17, 15) is 14.0 Å². The zero-order valence-corrected chi connectivity index (χ0v) is 20.0. The molecule has 1 aliphatic heterocycles. The number of ether oxygens (including phenoxy) is 3. The fourth-order valence-electron chi connectivity index (χ4n) is 4.45. The van der Waals surface area contributed by atoms with Gasteiger partial charge in [-0.05, 0) is 53.1 Å².